The molecular weight excluding hydrogens is 400 g/mol. The van der Waals surface area contributed by atoms with Crippen LogP contribution in [0.5, 0.6) is 0 Å². The number of aromatic nitrogens is 1. The summed E-state index contributed by atoms with van der Waals surface area (Å²) >= 11 is 0. The summed E-state index contributed by atoms with van der Waals surface area (Å²) in [5.74, 6) is -1.03. The Balaban J connectivity index is 1.37. The third-order valence-corrected chi connectivity index (χ3v) is 5.19. The Hall–Kier alpha value is -3.43. The molecular formula is C22H24N4O5. The number of carbonyl (C=O) groups is 2. The number of fused-ring (bicyclic) bond motifs is 1. The molecule has 0 aliphatic carbocycles. The summed E-state index contributed by atoms with van der Waals surface area (Å²) < 4.78 is 11.8. The number of benzene rings is 2. The maximum absolute atomic E-state index is 12.7. The Morgan fingerprint density at radius 1 is 1.00 bits per heavy atom. The van der Waals surface area contributed by atoms with Gasteiger partial charge in [-0.1, -0.05) is 12.1 Å². The average molecular weight is 424 g/mol. The predicted molar refractivity (Wildman–Crippen MR) is 116 cm³/mol. The Bertz CT molecular complexity index is 1130. The van der Waals surface area contributed by atoms with Gasteiger partial charge in [0.25, 0.3) is 0 Å². The van der Waals surface area contributed by atoms with Gasteiger partial charge in [0.15, 0.2) is 5.58 Å². The normalized spacial score (nSPS) is 15.5. The number of hydrogen-bond donors (Lipinski definition) is 2. The van der Waals surface area contributed by atoms with Crippen molar-refractivity contribution in [2.75, 3.05) is 43.5 Å². The number of nitrogens with one attached hydrogen (secondary N) is 2. The van der Waals surface area contributed by atoms with Crippen molar-refractivity contribution in [3.63, 3.8) is 0 Å². The molecule has 1 fully saturated rings. The quantitative estimate of drug-likeness (QED) is 0.628. The van der Waals surface area contributed by atoms with Crippen LogP contribution in [0.15, 0.2) is 57.7 Å². The fourth-order valence-corrected chi connectivity index (χ4v) is 3.51. The lowest BCUT2D eigenvalue weighted by Crippen LogP contribution is -2.41. The molecule has 9 heteroatoms. The molecule has 3 aromatic rings. The van der Waals surface area contributed by atoms with Crippen molar-refractivity contribution in [2.45, 2.75) is 13.0 Å². The molecule has 0 saturated carbocycles. The van der Waals surface area contributed by atoms with Crippen molar-refractivity contribution in [2.24, 2.45) is 0 Å². The van der Waals surface area contributed by atoms with Gasteiger partial charge in [-0.15, -0.1) is 0 Å². The lowest BCUT2D eigenvalue weighted by atomic mass is 10.2. The Morgan fingerprint density at radius 3 is 2.35 bits per heavy atom. The number of oxazole rings is 1. The number of carbonyl (C=O) groups excluding carboxylic acids is 2. The van der Waals surface area contributed by atoms with E-state index in [0.717, 1.165) is 13.1 Å². The molecule has 2 heterocycles. The van der Waals surface area contributed by atoms with Gasteiger partial charge in [0.2, 0.25) is 11.8 Å². The molecule has 9 nitrogen and oxygen atoms in total. The highest BCUT2D eigenvalue weighted by Gasteiger charge is 2.21. The number of ether oxygens (including phenoxy) is 1. The van der Waals surface area contributed by atoms with E-state index in [1.54, 1.807) is 55.5 Å². The zero-order valence-electron chi connectivity index (χ0n) is 17.2. The summed E-state index contributed by atoms with van der Waals surface area (Å²) in [4.78, 5) is 39.1. The van der Waals surface area contributed by atoms with Crippen molar-refractivity contribution >= 4 is 34.3 Å². The molecule has 1 aliphatic heterocycles. The Morgan fingerprint density at radius 2 is 1.65 bits per heavy atom. The minimum atomic E-state index is -0.760. The molecule has 2 aromatic carbocycles. The van der Waals surface area contributed by atoms with E-state index in [-0.39, 0.29) is 11.8 Å². The van der Waals surface area contributed by atoms with Gasteiger partial charge in [-0.25, -0.2) is 4.79 Å². The van der Waals surface area contributed by atoms with Crippen molar-refractivity contribution < 1.29 is 18.7 Å². The van der Waals surface area contributed by atoms with E-state index in [1.165, 1.54) is 4.57 Å². The highest BCUT2D eigenvalue weighted by atomic mass is 16.5. The molecule has 31 heavy (non-hydrogen) atoms. The highest BCUT2D eigenvalue weighted by molar-refractivity contribution is 5.95. The van der Waals surface area contributed by atoms with Crippen LogP contribution in [-0.4, -0.2) is 54.1 Å². The second-order valence-corrected chi connectivity index (χ2v) is 7.38. The first-order chi connectivity index (χ1) is 15.0. The molecule has 0 spiro atoms. The number of hydrogen-bond acceptors (Lipinski definition) is 6. The molecule has 2 amide bonds. The van der Waals surface area contributed by atoms with Crippen LogP contribution in [0.4, 0.5) is 11.4 Å². The molecule has 162 valence electrons. The third-order valence-electron chi connectivity index (χ3n) is 5.19. The summed E-state index contributed by atoms with van der Waals surface area (Å²) in [7, 11) is 0. The van der Waals surface area contributed by atoms with Crippen LogP contribution in [-0.2, 0) is 14.3 Å². The molecule has 4 rings (SSSR count). The number of nitrogens with zero attached hydrogens (tertiary/aromatic N) is 2. The standard InChI is InChI=1S/C22H24N4O5/c1-15(26-18-4-2-3-5-19(18)31-22(26)29)21(28)24-17-8-6-16(7-9-17)23-20(27)14-25-10-12-30-13-11-25/h2-9,15H,10-14H2,1H3,(H,23,27)(H,24,28). The van der Waals surface area contributed by atoms with E-state index in [0.29, 0.717) is 42.2 Å². The molecule has 1 aliphatic rings. The summed E-state index contributed by atoms with van der Waals surface area (Å²) in [6.45, 7) is 4.71. The summed E-state index contributed by atoms with van der Waals surface area (Å²) in [6.07, 6.45) is 0. The lowest BCUT2D eigenvalue weighted by Gasteiger charge is -2.25. The zero-order valence-corrected chi connectivity index (χ0v) is 17.2. The Kier molecular flexibility index (Phi) is 6.15. The minimum Gasteiger partial charge on any atom is -0.408 e. The van der Waals surface area contributed by atoms with Gasteiger partial charge < -0.3 is 19.8 Å². The summed E-state index contributed by atoms with van der Waals surface area (Å²) in [5.41, 5.74) is 2.20. The van der Waals surface area contributed by atoms with E-state index in [1.807, 2.05) is 4.90 Å². The van der Waals surface area contributed by atoms with Gasteiger partial charge in [-0.3, -0.25) is 19.1 Å². The molecule has 0 bridgehead atoms. The fourth-order valence-electron chi connectivity index (χ4n) is 3.51. The van der Waals surface area contributed by atoms with Crippen LogP contribution in [0.3, 0.4) is 0 Å². The van der Waals surface area contributed by atoms with Crippen molar-refractivity contribution in [1.29, 1.82) is 0 Å². The highest BCUT2D eigenvalue weighted by Crippen LogP contribution is 2.19. The monoisotopic (exact) mass is 424 g/mol. The third kappa shape index (κ3) is 4.84. The minimum absolute atomic E-state index is 0.0986. The first kappa shape index (κ1) is 20.8. The molecule has 1 saturated heterocycles. The molecule has 1 aromatic heterocycles. The topological polar surface area (TPSA) is 106 Å². The summed E-state index contributed by atoms with van der Waals surface area (Å²) in [6, 6.07) is 13.0. The van der Waals surface area contributed by atoms with Crippen molar-refractivity contribution in [3.05, 3.63) is 59.1 Å². The van der Waals surface area contributed by atoms with Gasteiger partial charge >= 0.3 is 5.76 Å². The number of amides is 2. The smallest absolute Gasteiger partial charge is 0.408 e. The van der Waals surface area contributed by atoms with Gasteiger partial charge in [-0.2, -0.15) is 0 Å². The van der Waals surface area contributed by atoms with Crippen LogP contribution in [0, 0.1) is 0 Å². The van der Waals surface area contributed by atoms with Crippen molar-refractivity contribution in [3.8, 4) is 0 Å². The SMILES string of the molecule is CC(C(=O)Nc1ccc(NC(=O)CN2CCOCC2)cc1)n1c(=O)oc2ccccc21. The van der Waals surface area contributed by atoms with Crippen LogP contribution in [0.25, 0.3) is 11.1 Å². The van der Waals surface area contributed by atoms with Crippen LogP contribution in [0.1, 0.15) is 13.0 Å². The fraction of sp³-hybridized carbons (Fsp3) is 0.318. The van der Waals surface area contributed by atoms with Crippen LogP contribution < -0.4 is 16.4 Å². The van der Waals surface area contributed by atoms with Crippen molar-refractivity contribution in [1.82, 2.24) is 9.47 Å². The lowest BCUT2D eigenvalue weighted by molar-refractivity contribution is -0.119. The molecule has 0 radical (unpaired) electrons. The van der Waals surface area contributed by atoms with Gasteiger partial charge in [0.05, 0.1) is 25.3 Å². The molecule has 2 N–H and O–H groups in total. The second kappa shape index (κ2) is 9.15. The molecule has 1 unspecified atom stereocenters. The van der Waals surface area contributed by atoms with E-state index in [9.17, 15) is 14.4 Å². The summed E-state index contributed by atoms with van der Waals surface area (Å²) in [5, 5.41) is 5.64. The van der Waals surface area contributed by atoms with E-state index in [4.69, 9.17) is 9.15 Å². The Labute approximate surface area is 178 Å². The van der Waals surface area contributed by atoms with Gasteiger partial charge in [0.1, 0.15) is 6.04 Å². The first-order valence-corrected chi connectivity index (χ1v) is 10.1. The second-order valence-electron chi connectivity index (χ2n) is 7.38. The zero-order chi connectivity index (χ0) is 21.8. The van der Waals surface area contributed by atoms with Crippen LogP contribution in [0.2, 0.25) is 0 Å². The van der Waals surface area contributed by atoms with E-state index >= 15 is 0 Å². The molecule has 1 atom stereocenters. The number of rotatable bonds is 6. The van der Waals surface area contributed by atoms with Gasteiger partial charge in [0, 0.05) is 24.5 Å². The van der Waals surface area contributed by atoms with E-state index in [2.05, 4.69) is 10.6 Å². The largest absolute Gasteiger partial charge is 0.420 e. The van der Waals surface area contributed by atoms with Crippen LogP contribution >= 0.6 is 0 Å². The number of para-hydroxylation sites is 2. The maximum Gasteiger partial charge on any atom is 0.420 e. The number of anilines is 2. The van der Waals surface area contributed by atoms with Gasteiger partial charge in [-0.05, 0) is 43.3 Å². The predicted octanol–water partition coefficient (Wildman–Crippen LogP) is 2.06. The average Bonchev–Trinajstić information content (AvgIpc) is 3.10. The maximum atomic E-state index is 12.7. The first-order valence-electron chi connectivity index (χ1n) is 10.1. The number of morpholine rings is 1. The van der Waals surface area contributed by atoms with E-state index < -0.39 is 11.8 Å².